The zero-order valence-corrected chi connectivity index (χ0v) is 18.4. The maximum Gasteiger partial charge on any atom is 0.238 e. The number of amides is 2. The number of ether oxygens (including phenoxy) is 1. The molecule has 6 heteroatoms. The van der Waals surface area contributed by atoms with Gasteiger partial charge in [0.25, 0.3) is 0 Å². The van der Waals surface area contributed by atoms with Gasteiger partial charge in [-0.1, -0.05) is 51.1 Å². The van der Waals surface area contributed by atoms with E-state index in [1.165, 1.54) is 11.1 Å². The van der Waals surface area contributed by atoms with Crippen molar-refractivity contribution in [3.05, 3.63) is 59.7 Å². The third-order valence-corrected chi connectivity index (χ3v) is 4.92. The van der Waals surface area contributed by atoms with Crippen LogP contribution in [0.4, 0.5) is 5.69 Å². The molecule has 0 heterocycles. The Bertz CT molecular complexity index is 819. The first-order chi connectivity index (χ1) is 14.4. The molecule has 0 bridgehead atoms. The van der Waals surface area contributed by atoms with E-state index < -0.39 is 0 Å². The van der Waals surface area contributed by atoms with Crippen LogP contribution in [0.2, 0.25) is 0 Å². The first kappa shape index (κ1) is 23.4. The van der Waals surface area contributed by atoms with Gasteiger partial charge in [-0.25, -0.2) is 0 Å². The van der Waals surface area contributed by atoms with E-state index in [0.717, 1.165) is 6.42 Å². The Morgan fingerprint density at radius 2 is 1.73 bits per heavy atom. The van der Waals surface area contributed by atoms with Crippen molar-refractivity contribution in [3.8, 4) is 5.75 Å². The van der Waals surface area contributed by atoms with Gasteiger partial charge in [0.1, 0.15) is 5.75 Å². The van der Waals surface area contributed by atoms with Gasteiger partial charge in [-0.05, 0) is 42.1 Å². The molecule has 2 aromatic carbocycles. The molecule has 0 spiro atoms. The van der Waals surface area contributed by atoms with E-state index in [0.29, 0.717) is 30.4 Å². The van der Waals surface area contributed by atoms with E-state index >= 15 is 0 Å². The number of anilines is 1. The Hall–Kier alpha value is -2.86. The molecule has 0 aromatic heterocycles. The highest BCUT2D eigenvalue weighted by Crippen LogP contribution is 2.16. The zero-order valence-electron chi connectivity index (χ0n) is 18.4. The highest BCUT2D eigenvalue weighted by atomic mass is 16.5. The summed E-state index contributed by atoms with van der Waals surface area (Å²) in [5, 5.41) is 5.78. The first-order valence-electron chi connectivity index (χ1n) is 10.4. The van der Waals surface area contributed by atoms with E-state index in [-0.39, 0.29) is 24.9 Å². The van der Waals surface area contributed by atoms with Gasteiger partial charge in [-0.3, -0.25) is 14.5 Å². The fourth-order valence-electron chi connectivity index (χ4n) is 3.06. The van der Waals surface area contributed by atoms with Gasteiger partial charge < -0.3 is 15.4 Å². The van der Waals surface area contributed by atoms with Crippen molar-refractivity contribution < 1.29 is 14.3 Å². The molecule has 0 fully saturated rings. The van der Waals surface area contributed by atoms with Crippen LogP contribution in [-0.4, -0.2) is 50.0 Å². The Kier molecular flexibility index (Phi) is 9.35. The molecule has 30 heavy (non-hydrogen) atoms. The molecular weight excluding hydrogens is 378 g/mol. The minimum Gasteiger partial charge on any atom is -0.497 e. The summed E-state index contributed by atoms with van der Waals surface area (Å²) >= 11 is 0. The number of nitrogens with zero attached hydrogens (tertiary/aromatic N) is 1. The van der Waals surface area contributed by atoms with Crippen molar-refractivity contribution in [1.29, 1.82) is 0 Å². The van der Waals surface area contributed by atoms with Gasteiger partial charge in [-0.15, -0.1) is 0 Å². The lowest BCUT2D eigenvalue weighted by Gasteiger charge is -2.19. The van der Waals surface area contributed by atoms with Crippen LogP contribution in [-0.2, 0) is 16.0 Å². The lowest BCUT2D eigenvalue weighted by atomic mass is 10.0. The van der Waals surface area contributed by atoms with E-state index in [4.69, 9.17) is 4.74 Å². The van der Waals surface area contributed by atoms with Crippen LogP contribution < -0.4 is 15.4 Å². The second-order valence-electron chi connectivity index (χ2n) is 7.58. The van der Waals surface area contributed by atoms with E-state index in [2.05, 4.69) is 48.7 Å². The van der Waals surface area contributed by atoms with Crippen molar-refractivity contribution in [2.24, 2.45) is 0 Å². The molecule has 2 aromatic rings. The smallest absolute Gasteiger partial charge is 0.238 e. The predicted molar refractivity (Wildman–Crippen MR) is 121 cm³/mol. The average molecular weight is 412 g/mol. The van der Waals surface area contributed by atoms with Crippen LogP contribution in [0, 0.1) is 0 Å². The molecule has 0 saturated heterocycles. The molecule has 6 nitrogen and oxygen atoms in total. The first-order valence-corrected chi connectivity index (χ1v) is 10.4. The Labute approximate surface area is 179 Å². The lowest BCUT2D eigenvalue weighted by molar-refractivity contribution is -0.123. The molecule has 2 rings (SSSR count). The van der Waals surface area contributed by atoms with Crippen molar-refractivity contribution in [2.45, 2.75) is 33.1 Å². The number of nitrogens with one attached hydrogen (secondary N) is 2. The van der Waals surface area contributed by atoms with Gasteiger partial charge in [-0.2, -0.15) is 0 Å². The Balaban J connectivity index is 1.74. The van der Waals surface area contributed by atoms with Crippen molar-refractivity contribution in [1.82, 2.24) is 10.2 Å². The molecule has 2 N–H and O–H groups in total. The van der Waals surface area contributed by atoms with Gasteiger partial charge in [0, 0.05) is 18.3 Å². The summed E-state index contributed by atoms with van der Waals surface area (Å²) in [7, 11) is 1.58. The number of benzene rings is 2. The van der Waals surface area contributed by atoms with Gasteiger partial charge in [0.05, 0.1) is 20.2 Å². The predicted octanol–water partition coefficient (Wildman–Crippen LogP) is 3.44. The van der Waals surface area contributed by atoms with Crippen LogP contribution >= 0.6 is 0 Å². The highest BCUT2D eigenvalue weighted by Gasteiger charge is 2.13. The summed E-state index contributed by atoms with van der Waals surface area (Å²) in [5.74, 6) is 0.950. The second-order valence-corrected chi connectivity index (χ2v) is 7.58. The van der Waals surface area contributed by atoms with Crippen LogP contribution in [0.25, 0.3) is 0 Å². The molecular formula is C24H33N3O3. The lowest BCUT2D eigenvalue weighted by Crippen LogP contribution is -2.41. The van der Waals surface area contributed by atoms with Crippen LogP contribution in [0.15, 0.2) is 48.5 Å². The number of rotatable bonds is 11. The standard InChI is InChI=1S/C24H33N3O3/c1-5-27(17-24(29)26-21-7-6-8-22(15-21)30-4)16-23(28)25-14-13-19-9-11-20(12-10-19)18(2)3/h6-12,15,18H,5,13-14,16-17H2,1-4H3,(H,25,28)(H,26,29). The fraction of sp³-hybridized carbons (Fsp3) is 0.417. The SMILES string of the molecule is CCN(CC(=O)NCCc1ccc(C(C)C)cc1)CC(=O)Nc1cccc(OC)c1. The number of carbonyl (C=O) groups excluding carboxylic acids is 2. The molecule has 0 saturated carbocycles. The topological polar surface area (TPSA) is 70.7 Å². The largest absolute Gasteiger partial charge is 0.497 e. The summed E-state index contributed by atoms with van der Waals surface area (Å²) < 4.78 is 5.16. The highest BCUT2D eigenvalue weighted by molar-refractivity contribution is 5.92. The summed E-state index contributed by atoms with van der Waals surface area (Å²) in [6, 6.07) is 15.7. The van der Waals surface area contributed by atoms with Crippen LogP contribution in [0.3, 0.4) is 0 Å². The molecule has 0 radical (unpaired) electrons. The van der Waals surface area contributed by atoms with Crippen molar-refractivity contribution in [3.63, 3.8) is 0 Å². The molecule has 0 aliphatic heterocycles. The molecule has 0 aliphatic rings. The quantitative estimate of drug-likeness (QED) is 0.594. The zero-order chi connectivity index (χ0) is 21.9. The molecule has 0 atom stereocenters. The van der Waals surface area contributed by atoms with E-state index in [1.807, 2.05) is 24.0 Å². The maximum absolute atomic E-state index is 12.3. The van der Waals surface area contributed by atoms with Crippen molar-refractivity contribution in [2.75, 3.05) is 38.6 Å². The van der Waals surface area contributed by atoms with Gasteiger partial charge >= 0.3 is 0 Å². The Morgan fingerprint density at radius 3 is 2.37 bits per heavy atom. The summed E-state index contributed by atoms with van der Waals surface area (Å²) in [6.45, 7) is 7.80. The number of hydrogen-bond donors (Lipinski definition) is 2. The number of carbonyl (C=O) groups is 2. The number of hydrogen-bond acceptors (Lipinski definition) is 4. The molecule has 0 aliphatic carbocycles. The van der Waals surface area contributed by atoms with Gasteiger partial charge in [0.2, 0.25) is 11.8 Å². The number of methoxy groups -OCH3 is 1. The second kappa shape index (κ2) is 12.0. The van der Waals surface area contributed by atoms with Crippen LogP contribution in [0.5, 0.6) is 5.75 Å². The van der Waals surface area contributed by atoms with Crippen LogP contribution in [0.1, 0.15) is 37.8 Å². The minimum atomic E-state index is -0.164. The third kappa shape index (κ3) is 7.87. The summed E-state index contributed by atoms with van der Waals surface area (Å²) in [6.07, 6.45) is 0.784. The van der Waals surface area contributed by atoms with E-state index in [1.54, 1.807) is 19.2 Å². The van der Waals surface area contributed by atoms with Gasteiger partial charge in [0.15, 0.2) is 0 Å². The fourth-order valence-corrected chi connectivity index (χ4v) is 3.06. The van der Waals surface area contributed by atoms with Crippen molar-refractivity contribution >= 4 is 17.5 Å². The number of likely N-dealkylation sites (N-methyl/N-ethyl adjacent to an activating group) is 1. The molecule has 162 valence electrons. The summed E-state index contributed by atoms with van der Waals surface area (Å²) in [4.78, 5) is 26.4. The summed E-state index contributed by atoms with van der Waals surface area (Å²) in [5.41, 5.74) is 3.18. The maximum atomic E-state index is 12.3. The normalized spacial score (nSPS) is 10.9. The third-order valence-electron chi connectivity index (χ3n) is 4.92. The minimum absolute atomic E-state index is 0.0789. The van der Waals surface area contributed by atoms with E-state index in [9.17, 15) is 9.59 Å². The molecule has 2 amide bonds. The molecule has 0 unspecified atom stereocenters. The Morgan fingerprint density at radius 1 is 1.03 bits per heavy atom. The average Bonchev–Trinajstić information content (AvgIpc) is 2.73. The monoisotopic (exact) mass is 411 g/mol.